The minimum absolute atomic E-state index is 0.451. The highest BCUT2D eigenvalue weighted by Crippen LogP contribution is 2.22. The first-order chi connectivity index (χ1) is 10.1. The van der Waals surface area contributed by atoms with Gasteiger partial charge in [-0.05, 0) is 43.8 Å². The molecule has 3 nitrogen and oxygen atoms in total. The van der Waals surface area contributed by atoms with E-state index in [4.69, 9.17) is 4.74 Å². The van der Waals surface area contributed by atoms with E-state index in [0.29, 0.717) is 6.61 Å². The van der Waals surface area contributed by atoms with Crippen LogP contribution in [0.4, 0.5) is 0 Å². The molecule has 1 N–H and O–H groups in total. The number of hydrogen-bond acceptors (Lipinski definition) is 3. The first kappa shape index (κ1) is 15.5. The molecule has 0 aliphatic rings. The van der Waals surface area contributed by atoms with Crippen molar-refractivity contribution in [3.63, 3.8) is 0 Å². The van der Waals surface area contributed by atoms with E-state index < -0.39 is 6.10 Å². The maximum Gasteiger partial charge on any atom is 0.120 e. The molecule has 0 radical (unpaired) electrons. The maximum absolute atomic E-state index is 10.2. The SMILES string of the molecule is CN(C)CCC(O)c1cccc(OCc2ccccc2)c1. The van der Waals surface area contributed by atoms with Crippen molar-refractivity contribution in [2.45, 2.75) is 19.1 Å². The molecule has 1 atom stereocenters. The number of rotatable bonds is 7. The number of nitrogens with zero attached hydrogens (tertiary/aromatic N) is 1. The van der Waals surface area contributed by atoms with Crippen molar-refractivity contribution >= 4 is 0 Å². The maximum atomic E-state index is 10.2. The normalized spacial score (nSPS) is 12.4. The van der Waals surface area contributed by atoms with Crippen LogP contribution in [0.3, 0.4) is 0 Å². The van der Waals surface area contributed by atoms with Crippen LogP contribution in [0.5, 0.6) is 5.75 Å². The molecule has 0 saturated carbocycles. The highest BCUT2D eigenvalue weighted by molar-refractivity contribution is 5.30. The summed E-state index contributed by atoms with van der Waals surface area (Å²) < 4.78 is 5.79. The lowest BCUT2D eigenvalue weighted by molar-refractivity contribution is 0.154. The molecule has 21 heavy (non-hydrogen) atoms. The Morgan fingerprint density at radius 3 is 2.52 bits per heavy atom. The van der Waals surface area contributed by atoms with Crippen molar-refractivity contribution in [1.82, 2.24) is 4.90 Å². The molecule has 3 heteroatoms. The molecule has 112 valence electrons. The number of benzene rings is 2. The number of aliphatic hydroxyl groups excluding tert-OH is 1. The average Bonchev–Trinajstić information content (AvgIpc) is 2.52. The van der Waals surface area contributed by atoms with Gasteiger partial charge in [-0.2, -0.15) is 0 Å². The monoisotopic (exact) mass is 285 g/mol. The van der Waals surface area contributed by atoms with Gasteiger partial charge in [0.05, 0.1) is 6.10 Å². The minimum atomic E-state index is -0.451. The van der Waals surface area contributed by atoms with E-state index in [2.05, 4.69) is 4.90 Å². The molecule has 2 aromatic rings. The lowest BCUT2D eigenvalue weighted by atomic mass is 10.1. The van der Waals surface area contributed by atoms with E-state index in [1.54, 1.807) is 0 Å². The summed E-state index contributed by atoms with van der Waals surface area (Å²) in [5, 5.41) is 10.2. The van der Waals surface area contributed by atoms with Crippen LogP contribution < -0.4 is 4.74 Å². The molecule has 0 aliphatic heterocycles. The lowest BCUT2D eigenvalue weighted by Gasteiger charge is -2.15. The molecule has 0 aliphatic carbocycles. The molecule has 2 rings (SSSR count). The predicted molar refractivity (Wildman–Crippen MR) is 85.3 cm³/mol. The van der Waals surface area contributed by atoms with Gasteiger partial charge in [0.15, 0.2) is 0 Å². The standard InChI is InChI=1S/C18H23NO2/c1-19(2)12-11-18(20)16-9-6-10-17(13-16)21-14-15-7-4-3-5-8-15/h3-10,13,18,20H,11-12,14H2,1-2H3. The van der Waals surface area contributed by atoms with Crippen molar-refractivity contribution < 1.29 is 9.84 Å². The van der Waals surface area contributed by atoms with Crippen LogP contribution in [0.2, 0.25) is 0 Å². The van der Waals surface area contributed by atoms with Crippen LogP contribution in [0.15, 0.2) is 54.6 Å². The second-order valence-corrected chi connectivity index (χ2v) is 5.45. The predicted octanol–water partition coefficient (Wildman–Crippen LogP) is 3.25. The summed E-state index contributed by atoms with van der Waals surface area (Å²) in [5.74, 6) is 0.792. The van der Waals surface area contributed by atoms with E-state index in [1.165, 1.54) is 0 Å². The first-order valence-corrected chi connectivity index (χ1v) is 7.24. The van der Waals surface area contributed by atoms with Crippen LogP contribution >= 0.6 is 0 Å². The topological polar surface area (TPSA) is 32.7 Å². The van der Waals surface area contributed by atoms with E-state index in [9.17, 15) is 5.11 Å². The number of hydrogen-bond donors (Lipinski definition) is 1. The van der Waals surface area contributed by atoms with E-state index in [1.807, 2.05) is 68.7 Å². The van der Waals surface area contributed by atoms with Crippen molar-refractivity contribution in [3.8, 4) is 5.75 Å². The smallest absolute Gasteiger partial charge is 0.120 e. The second kappa shape index (κ2) is 7.81. The molecular weight excluding hydrogens is 262 g/mol. The van der Waals surface area contributed by atoms with Gasteiger partial charge < -0.3 is 14.7 Å². The van der Waals surface area contributed by atoms with Crippen LogP contribution in [0, 0.1) is 0 Å². The lowest BCUT2D eigenvalue weighted by Crippen LogP contribution is -2.15. The van der Waals surface area contributed by atoms with Gasteiger partial charge in [0, 0.05) is 6.54 Å². The van der Waals surface area contributed by atoms with Crippen molar-refractivity contribution in [1.29, 1.82) is 0 Å². The Bertz CT molecular complexity index is 540. The van der Waals surface area contributed by atoms with Crippen molar-refractivity contribution in [2.24, 2.45) is 0 Å². The highest BCUT2D eigenvalue weighted by atomic mass is 16.5. The molecular formula is C18H23NO2. The number of aliphatic hydroxyl groups is 1. The fourth-order valence-corrected chi connectivity index (χ4v) is 2.10. The molecule has 0 fully saturated rings. The zero-order valence-electron chi connectivity index (χ0n) is 12.7. The Balaban J connectivity index is 1.94. The molecule has 0 heterocycles. The molecule has 0 amide bonds. The Kier molecular flexibility index (Phi) is 5.78. The third-order valence-corrected chi connectivity index (χ3v) is 3.34. The second-order valence-electron chi connectivity index (χ2n) is 5.45. The first-order valence-electron chi connectivity index (χ1n) is 7.24. The summed E-state index contributed by atoms with van der Waals surface area (Å²) >= 11 is 0. The molecule has 0 spiro atoms. The van der Waals surface area contributed by atoms with Crippen molar-refractivity contribution in [3.05, 3.63) is 65.7 Å². The molecule has 1 unspecified atom stereocenters. The van der Waals surface area contributed by atoms with Gasteiger partial charge in [0.2, 0.25) is 0 Å². The fourth-order valence-electron chi connectivity index (χ4n) is 2.10. The molecule has 0 aromatic heterocycles. The van der Waals surface area contributed by atoms with Gasteiger partial charge in [-0.25, -0.2) is 0 Å². The Labute approximate surface area is 126 Å². The average molecular weight is 285 g/mol. The fraction of sp³-hybridized carbons (Fsp3) is 0.333. The summed E-state index contributed by atoms with van der Waals surface area (Å²) in [4.78, 5) is 2.07. The van der Waals surface area contributed by atoms with E-state index in [0.717, 1.165) is 29.8 Å². The third-order valence-electron chi connectivity index (χ3n) is 3.34. The Hall–Kier alpha value is -1.84. The van der Waals surface area contributed by atoms with Crippen LogP contribution in [0.1, 0.15) is 23.7 Å². The van der Waals surface area contributed by atoms with Crippen molar-refractivity contribution in [2.75, 3.05) is 20.6 Å². The van der Waals surface area contributed by atoms with Crippen LogP contribution in [-0.4, -0.2) is 30.6 Å². The minimum Gasteiger partial charge on any atom is -0.489 e. The molecule has 0 bridgehead atoms. The zero-order chi connectivity index (χ0) is 15.1. The Morgan fingerprint density at radius 2 is 1.81 bits per heavy atom. The molecule has 2 aromatic carbocycles. The molecule has 0 saturated heterocycles. The van der Waals surface area contributed by atoms with Gasteiger partial charge in [0.1, 0.15) is 12.4 Å². The summed E-state index contributed by atoms with van der Waals surface area (Å²) in [6.45, 7) is 1.40. The van der Waals surface area contributed by atoms with Gasteiger partial charge in [-0.1, -0.05) is 42.5 Å². The summed E-state index contributed by atoms with van der Waals surface area (Å²) in [7, 11) is 4.01. The number of ether oxygens (including phenoxy) is 1. The van der Waals surface area contributed by atoms with Crippen LogP contribution in [0.25, 0.3) is 0 Å². The summed E-state index contributed by atoms with van der Waals surface area (Å²) in [5.41, 5.74) is 2.04. The largest absolute Gasteiger partial charge is 0.489 e. The quantitative estimate of drug-likeness (QED) is 0.847. The van der Waals surface area contributed by atoms with Gasteiger partial charge in [-0.3, -0.25) is 0 Å². The highest BCUT2D eigenvalue weighted by Gasteiger charge is 2.09. The summed E-state index contributed by atoms with van der Waals surface area (Å²) in [6.07, 6.45) is 0.266. The van der Waals surface area contributed by atoms with E-state index >= 15 is 0 Å². The van der Waals surface area contributed by atoms with Gasteiger partial charge >= 0.3 is 0 Å². The van der Waals surface area contributed by atoms with Crippen LogP contribution in [-0.2, 0) is 6.61 Å². The zero-order valence-corrected chi connectivity index (χ0v) is 12.7. The Morgan fingerprint density at radius 1 is 1.05 bits per heavy atom. The summed E-state index contributed by atoms with van der Waals surface area (Å²) in [6, 6.07) is 17.8. The third kappa shape index (κ3) is 5.21. The van der Waals surface area contributed by atoms with Gasteiger partial charge in [0.25, 0.3) is 0 Å². The van der Waals surface area contributed by atoms with Gasteiger partial charge in [-0.15, -0.1) is 0 Å². The van der Waals surface area contributed by atoms with E-state index in [-0.39, 0.29) is 0 Å².